The largest absolute Gasteiger partial charge is 0.181 e. The van der Waals surface area contributed by atoms with Crippen molar-refractivity contribution in [1.29, 1.82) is 0 Å². The fraction of sp³-hybridized carbons (Fsp3) is 0.636. The van der Waals surface area contributed by atoms with Crippen LogP contribution in [0.25, 0.3) is 0 Å². The first kappa shape index (κ1) is 15.9. The molecule has 4 nitrogen and oxygen atoms in total. The van der Waals surface area contributed by atoms with Crippen molar-refractivity contribution in [3.63, 3.8) is 0 Å². The molecule has 0 spiro atoms. The van der Waals surface area contributed by atoms with Crippen LogP contribution in [0.1, 0.15) is 20.3 Å². The maximum absolute atomic E-state index is 6.24. The summed E-state index contributed by atoms with van der Waals surface area (Å²) in [6, 6.07) is 0. The highest BCUT2D eigenvalue weighted by molar-refractivity contribution is 7.73. The Hall–Kier alpha value is 0.540. The van der Waals surface area contributed by atoms with Crippen LogP contribution in [0, 0.1) is 5.92 Å². The van der Waals surface area contributed by atoms with E-state index in [-0.39, 0.29) is 5.92 Å². The Morgan fingerprint density at radius 1 is 1.32 bits per heavy atom. The number of quaternary nitrogens is 1. The zero-order valence-electron chi connectivity index (χ0n) is 10.5. The van der Waals surface area contributed by atoms with Gasteiger partial charge in [-0.05, 0) is 26.3 Å². The molecule has 2 unspecified atom stereocenters. The zero-order chi connectivity index (χ0) is 14.3. The van der Waals surface area contributed by atoms with Crippen LogP contribution in [0.3, 0.4) is 0 Å². The van der Waals surface area contributed by atoms with Crippen molar-refractivity contribution in [2.45, 2.75) is 25.9 Å². The summed E-state index contributed by atoms with van der Waals surface area (Å²) in [5, 5.41) is 1.46. The molecule has 0 bridgehead atoms. The fourth-order valence-corrected chi connectivity index (χ4v) is 3.37. The molecular weight excluding hydrogens is 333 g/mol. The number of thiol groups is 1. The molecule has 1 saturated carbocycles. The third-order valence-electron chi connectivity index (χ3n) is 2.96. The summed E-state index contributed by atoms with van der Waals surface area (Å²) in [4.78, 5) is 16.5. The van der Waals surface area contributed by atoms with Crippen LogP contribution >= 0.6 is 47.6 Å². The van der Waals surface area contributed by atoms with Crippen molar-refractivity contribution in [1.82, 2.24) is 0 Å². The fourth-order valence-electron chi connectivity index (χ4n) is 2.04. The van der Waals surface area contributed by atoms with Gasteiger partial charge in [0.05, 0.1) is 10.1 Å². The molecule has 0 heterocycles. The highest BCUT2D eigenvalue weighted by atomic mass is 35.5. The van der Waals surface area contributed by atoms with Crippen LogP contribution in [-0.4, -0.2) is 23.2 Å². The second kappa shape index (κ2) is 5.73. The normalized spacial score (nSPS) is 30.2. The minimum atomic E-state index is -0.761. The lowest BCUT2D eigenvalue weighted by Crippen LogP contribution is -2.44. The van der Waals surface area contributed by atoms with Crippen LogP contribution in [0.15, 0.2) is 21.2 Å². The minimum absolute atomic E-state index is 0.0790. The summed E-state index contributed by atoms with van der Waals surface area (Å²) in [6.07, 6.45) is 2.21. The Balaban J connectivity index is 2.19. The van der Waals surface area contributed by atoms with Crippen molar-refractivity contribution in [2.24, 2.45) is 5.92 Å². The van der Waals surface area contributed by atoms with Gasteiger partial charge in [-0.3, -0.25) is 0 Å². The van der Waals surface area contributed by atoms with Crippen molar-refractivity contribution < 1.29 is 18.9 Å². The number of fused-ring (bicyclic) bond motifs is 1. The molecule has 0 aromatic rings. The van der Waals surface area contributed by atoms with Gasteiger partial charge in [0.15, 0.2) is 22.8 Å². The molecule has 8 heteroatoms. The Labute approximate surface area is 132 Å². The van der Waals surface area contributed by atoms with E-state index in [1.807, 2.05) is 13.8 Å². The summed E-state index contributed by atoms with van der Waals surface area (Å²) >= 11 is 22.6. The molecule has 0 saturated heterocycles. The van der Waals surface area contributed by atoms with E-state index in [2.05, 4.69) is 12.8 Å². The van der Waals surface area contributed by atoms with Gasteiger partial charge in [0.2, 0.25) is 0 Å². The van der Waals surface area contributed by atoms with Crippen LogP contribution in [-0.2, 0) is 14.5 Å². The molecular formula is C11H15Cl3NO3S+. The number of allylic oxidation sites excluding steroid dienone is 2. The molecule has 2 aliphatic carbocycles. The zero-order valence-corrected chi connectivity index (χ0v) is 13.7. The van der Waals surface area contributed by atoms with Gasteiger partial charge in [-0.1, -0.05) is 34.8 Å². The first-order chi connectivity index (χ1) is 8.88. The van der Waals surface area contributed by atoms with E-state index >= 15 is 0 Å². The summed E-state index contributed by atoms with van der Waals surface area (Å²) in [5.41, 5.74) is -0.761. The van der Waals surface area contributed by atoms with Crippen molar-refractivity contribution in [3.8, 4) is 0 Å². The summed E-state index contributed by atoms with van der Waals surface area (Å²) < 4.78 is -0.727. The summed E-state index contributed by atoms with van der Waals surface area (Å²) in [6.45, 7) is 4.37. The third-order valence-corrected chi connectivity index (χ3v) is 4.58. The number of halogens is 3. The average Bonchev–Trinajstić information content (AvgIpc) is 3.03. The van der Waals surface area contributed by atoms with Crippen molar-refractivity contribution in [2.75, 3.05) is 13.2 Å². The lowest BCUT2D eigenvalue weighted by atomic mass is 10.1. The number of nitrogens with zero attached hydrogens (tertiary/aromatic N) is 1. The van der Waals surface area contributed by atoms with Gasteiger partial charge in [-0.2, -0.15) is 0 Å². The molecule has 108 valence electrons. The monoisotopic (exact) mass is 346 g/mol. The van der Waals surface area contributed by atoms with Gasteiger partial charge >= 0.3 is 0 Å². The van der Waals surface area contributed by atoms with Gasteiger partial charge < -0.3 is 0 Å². The second-order valence-electron chi connectivity index (χ2n) is 4.23. The van der Waals surface area contributed by atoms with E-state index in [0.29, 0.717) is 34.7 Å². The number of hydrogen-bond donors (Lipinski definition) is 1. The Bertz CT molecular complexity index is 437. The highest BCUT2D eigenvalue weighted by Crippen LogP contribution is 2.62. The quantitative estimate of drug-likeness (QED) is 0.446. The first-order valence-corrected chi connectivity index (χ1v) is 7.46. The van der Waals surface area contributed by atoms with Gasteiger partial charge in [0.25, 0.3) is 0 Å². The molecule has 0 radical (unpaired) electrons. The molecule has 0 aromatic heterocycles. The smallest absolute Gasteiger partial charge is 0.119 e. The second-order valence-corrected chi connectivity index (χ2v) is 5.94. The Kier molecular flexibility index (Phi) is 4.80. The van der Waals surface area contributed by atoms with E-state index in [9.17, 15) is 0 Å². The maximum Gasteiger partial charge on any atom is 0.181 e. The van der Waals surface area contributed by atoms with E-state index in [0.717, 1.165) is 0 Å². The topological polar surface area (TPSA) is 27.7 Å². The van der Waals surface area contributed by atoms with Crippen LogP contribution in [0.4, 0.5) is 0 Å². The molecule has 0 aromatic carbocycles. The maximum atomic E-state index is 6.24. The van der Waals surface area contributed by atoms with E-state index in [4.69, 9.17) is 49.3 Å². The molecule has 0 aliphatic heterocycles. The van der Waals surface area contributed by atoms with Crippen molar-refractivity contribution >= 4 is 47.6 Å². The van der Waals surface area contributed by atoms with Gasteiger partial charge in [-0.15, -0.1) is 14.5 Å². The lowest BCUT2D eigenvalue weighted by Gasteiger charge is -2.28. The number of rotatable bonds is 6. The standard InChI is InChI=1S/C11H15Cl3NO3S/c1-3-16-15(19,17-4-2)18-11-6-7(11)10(14)8(12)5-9(11)13/h5,7,19H,3-4,6H2,1-2H3/q+1. The first-order valence-electron chi connectivity index (χ1n) is 5.93. The highest BCUT2D eigenvalue weighted by Gasteiger charge is 2.68. The van der Waals surface area contributed by atoms with E-state index in [1.54, 1.807) is 6.08 Å². The molecule has 2 atom stereocenters. The van der Waals surface area contributed by atoms with Crippen LogP contribution in [0.2, 0.25) is 0 Å². The Morgan fingerprint density at radius 3 is 2.42 bits per heavy atom. The Morgan fingerprint density at radius 2 is 1.89 bits per heavy atom. The predicted molar refractivity (Wildman–Crippen MR) is 77.1 cm³/mol. The summed E-state index contributed by atoms with van der Waals surface area (Å²) in [5.74, 6) is -0.0790. The van der Waals surface area contributed by atoms with Crippen LogP contribution < -0.4 is 0 Å². The predicted octanol–water partition coefficient (Wildman–Crippen LogP) is 4.07. The lowest BCUT2D eigenvalue weighted by molar-refractivity contribution is -1.28. The van der Waals surface area contributed by atoms with Crippen molar-refractivity contribution in [3.05, 3.63) is 21.2 Å². The number of hydrogen-bond acceptors (Lipinski definition) is 4. The van der Waals surface area contributed by atoms with Gasteiger partial charge in [-0.25, -0.2) is 0 Å². The summed E-state index contributed by atoms with van der Waals surface area (Å²) in [7, 11) is 0. The molecule has 1 fully saturated rings. The third kappa shape index (κ3) is 2.94. The molecule has 0 N–H and O–H groups in total. The van der Waals surface area contributed by atoms with Gasteiger partial charge in [0, 0.05) is 11.0 Å². The van der Waals surface area contributed by atoms with E-state index in [1.165, 1.54) is 0 Å². The average molecular weight is 348 g/mol. The van der Waals surface area contributed by atoms with E-state index < -0.39 is 9.98 Å². The minimum Gasteiger partial charge on any atom is -0.119 e. The van der Waals surface area contributed by atoms with Crippen LogP contribution in [0.5, 0.6) is 0 Å². The SMILES string of the molecule is CCO[N+](S)(OCC)OC12CC1C(Cl)=C(Cl)C=C2Cl. The molecule has 2 aliphatic rings. The van der Waals surface area contributed by atoms with Gasteiger partial charge in [0.1, 0.15) is 13.2 Å². The molecule has 0 amide bonds. The molecule has 19 heavy (non-hydrogen) atoms. The molecule has 2 rings (SSSR count).